The minimum atomic E-state index is -0.652. The Morgan fingerprint density at radius 1 is 1.22 bits per heavy atom. The van der Waals surface area contributed by atoms with Crippen molar-refractivity contribution in [1.82, 2.24) is 4.90 Å². The topological polar surface area (TPSA) is 40.5 Å². The fourth-order valence-corrected chi connectivity index (χ4v) is 8.50. The Morgan fingerprint density at radius 3 is 2.63 bits per heavy atom. The van der Waals surface area contributed by atoms with Gasteiger partial charge in [0, 0.05) is 30.0 Å². The smallest absolute Gasteiger partial charge is 0.226 e. The van der Waals surface area contributed by atoms with Gasteiger partial charge in [-0.25, -0.2) is 0 Å². The minimum absolute atomic E-state index is 0.0689. The molecule has 1 heterocycles. The van der Waals surface area contributed by atoms with E-state index in [9.17, 15) is 9.90 Å². The number of amides is 1. The number of rotatable bonds is 3. The Kier molecular flexibility index (Phi) is 4.57. The molecule has 3 nitrogen and oxygen atoms in total. The van der Waals surface area contributed by atoms with Gasteiger partial charge in [-0.1, -0.05) is 39.7 Å². The van der Waals surface area contributed by atoms with Gasteiger partial charge in [0.1, 0.15) is 0 Å². The van der Waals surface area contributed by atoms with Gasteiger partial charge >= 0.3 is 0 Å². The van der Waals surface area contributed by atoms with E-state index in [1.54, 1.807) is 0 Å². The van der Waals surface area contributed by atoms with Crippen LogP contribution in [0.3, 0.4) is 0 Å². The van der Waals surface area contributed by atoms with Crippen molar-refractivity contribution >= 4 is 5.91 Å². The molecule has 4 rings (SSSR count). The Balaban J connectivity index is 1.76. The fourth-order valence-electron chi connectivity index (χ4n) is 8.50. The van der Waals surface area contributed by atoms with E-state index in [-0.39, 0.29) is 22.7 Å². The van der Waals surface area contributed by atoms with Gasteiger partial charge in [-0.3, -0.25) is 4.79 Å². The Morgan fingerprint density at radius 2 is 1.96 bits per heavy atom. The summed E-state index contributed by atoms with van der Waals surface area (Å²) < 4.78 is 0. The summed E-state index contributed by atoms with van der Waals surface area (Å²) in [7, 11) is 0. The third kappa shape index (κ3) is 2.59. The molecule has 0 aromatic carbocycles. The van der Waals surface area contributed by atoms with Crippen molar-refractivity contribution in [2.75, 3.05) is 6.54 Å². The zero-order valence-electron chi connectivity index (χ0n) is 18.1. The summed E-state index contributed by atoms with van der Waals surface area (Å²) >= 11 is 0. The fraction of sp³-hybridized carbons (Fsp3) is 0.875. The van der Waals surface area contributed by atoms with Crippen LogP contribution < -0.4 is 0 Å². The van der Waals surface area contributed by atoms with Crippen LogP contribution in [0.5, 0.6) is 0 Å². The van der Waals surface area contributed by atoms with Crippen molar-refractivity contribution in [1.29, 1.82) is 0 Å². The normalized spacial score (nSPS) is 49.3. The highest BCUT2D eigenvalue weighted by atomic mass is 16.3. The van der Waals surface area contributed by atoms with E-state index in [1.807, 2.05) is 4.90 Å². The summed E-state index contributed by atoms with van der Waals surface area (Å²) in [5.74, 6) is 2.58. The summed E-state index contributed by atoms with van der Waals surface area (Å²) in [6.45, 7) is 12.1. The molecule has 1 amide bonds. The standard InChI is InChI=1S/C24H39NO2/c1-6-8-16-9-11-18-17-10-12-19-22(3,14-13-20(26)25(19)7-2)21(17)24(5,27)15-23(16,18)4/h12,16-18,21,27H,6-11,13-15H2,1-5H3/t16-,17?,18?,21?,22-,23+,24-/m0/s1. The third-order valence-corrected chi connectivity index (χ3v) is 9.22. The molecule has 3 unspecified atom stereocenters. The molecule has 0 aromatic rings. The number of piperidine rings is 1. The Bertz CT molecular complexity index is 653. The third-order valence-electron chi connectivity index (χ3n) is 9.22. The predicted molar refractivity (Wildman–Crippen MR) is 109 cm³/mol. The van der Waals surface area contributed by atoms with Gasteiger partial charge in [-0.2, -0.15) is 0 Å². The first kappa shape index (κ1) is 19.5. The van der Waals surface area contributed by atoms with E-state index in [1.165, 1.54) is 31.4 Å². The van der Waals surface area contributed by atoms with E-state index in [0.29, 0.717) is 12.3 Å². The van der Waals surface area contributed by atoms with Crippen molar-refractivity contribution < 1.29 is 9.90 Å². The summed E-state index contributed by atoms with van der Waals surface area (Å²) in [6.07, 6.45) is 11.1. The minimum Gasteiger partial charge on any atom is -0.390 e. The molecule has 152 valence electrons. The quantitative estimate of drug-likeness (QED) is 0.744. The van der Waals surface area contributed by atoms with Crippen LogP contribution in [0.1, 0.15) is 86.0 Å². The van der Waals surface area contributed by atoms with Crippen LogP contribution in [0, 0.1) is 34.5 Å². The van der Waals surface area contributed by atoms with Gasteiger partial charge in [0.05, 0.1) is 5.60 Å². The molecule has 3 aliphatic carbocycles. The van der Waals surface area contributed by atoms with E-state index in [0.717, 1.165) is 37.6 Å². The van der Waals surface area contributed by atoms with Crippen molar-refractivity contribution in [3.63, 3.8) is 0 Å². The molecule has 0 aromatic heterocycles. The number of allylic oxidation sites excluding steroid dienone is 2. The maximum absolute atomic E-state index is 12.5. The largest absolute Gasteiger partial charge is 0.390 e. The number of carbonyl (C=O) groups excluding carboxylic acids is 1. The predicted octanol–water partition coefficient (Wildman–Crippen LogP) is 5.14. The number of hydrogen-bond donors (Lipinski definition) is 1. The van der Waals surface area contributed by atoms with Crippen LogP contribution in [0.2, 0.25) is 0 Å². The lowest BCUT2D eigenvalue weighted by molar-refractivity contribution is -0.185. The number of likely N-dealkylation sites (tertiary alicyclic amines) is 1. The highest BCUT2D eigenvalue weighted by Crippen LogP contribution is 2.68. The molecule has 7 atom stereocenters. The van der Waals surface area contributed by atoms with Crippen LogP contribution in [0.4, 0.5) is 0 Å². The molecule has 4 aliphatic rings. The van der Waals surface area contributed by atoms with Crippen LogP contribution >= 0.6 is 0 Å². The molecular formula is C24H39NO2. The number of hydrogen-bond acceptors (Lipinski definition) is 2. The zero-order valence-corrected chi connectivity index (χ0v) is 18.1. The lowest BCUT2D eigenvalue weighted by Gasteiger charge is -2.63. The monoisotopic (exact) mass is 373 g/mol. The Labute approximate surface area is 165 Å². The van der Waals surface area contributed by atoms with Gasteiger partial charge in [0.25, 0.3) is 0 Å². The van der Waals surface area contributed by atoms with Crippen molar-refractivity contribution in [2.24, 2.45) is 34.5 Å². The second-order valence-electron chi connectivity index (χ2n) is 10.7. The van der Waals surface area contributed by atoms with Crippen LogP contribution in [0.15, 0.2) is 11.8 Å². The summed E-state index contributed by atoms with van der Waals surface area (Å²) in [4.78, 5) is 14.5. The molecule has 0 radical (unpaired) electrons. The average Bonchev–Trinajstić information content (AvgIpc) is 2.90. The SMILES string of the molecule is CCC[C@H]1CCC2C3CC=C4N(CC)C(=O)CC[C@]4(C)C3[C@@](C)(O)C[C@@]21C. The van der Waals surface area contributed by atoms with Gasteiger partial charge in [-0.15, -0.1) is 0 Å². The second-order valence-corrected chi connectivity index (χ2v) is 10.7. The zero-order chi connectivity index (χ0) is 19.6. The lowest BCUT2D eigenvalue weighted by atomic mass is 9.44. The summed E-state index contributed by atoms with van der Waals surface area (Å²) in [6, 6.07) is 0. The van der Waals surface area contributed by atoms with Crippen LogP contribution in [-0.4, -0.2) is 28.1 Å². The molecule has 0 bridgehead atoms. The number of fused-ring (bicyclic) bond motifs is 5. The molecule has 0 spiro atoms. The highest BCUT2D eigenvalue weighted by molar-refractivity contribution is 5.80. The number of aliphatic hydroxyl groups is 1. The van der Waals surface area contributed by atoms with Gasteiger partial charge in [0.2, 0.25) is 5.91 Å². The average molecular weight is 374 g/mol. The van der Waals surface area contributed by atoms with Gasteiger partial charge < -0.3 is 10.0 Å². The molecule has 3 heteroatoms. The first-order valence-corrected chi connectivity index (χ1v) is 11.4. The number of nitrogens with zero attached hydrogens (tertiary/aromatic N) is 1. The molecule has 1 saturated heterocycles. The molecule has 2 saturated carbocycles. The maximum Gasteiger partial charge on any atom is 0.226 e. The molecule has 1 aliphatic heterocycles. The lowest BCUT2D eigenvalue weighted by Crippen LogP contribution is -2.63. The molecule has 3 fully saturated rings. The molecule has 27 heavy (non-hydrogen) atoms. The summed E-state index contributed by atoms with van der Waals surface area (Å²) in [5, 5.41) is 11.9. The van der Waals surface area contributed by atoms with Crippen LogP contribution in [0.25, 0.3) is 0 Å². The van der Waals surface area contributed by atoms with Crippen molar-refractivity contribution in [3.8, 4) is 0 Å². The molecular weight excluding hydrogens is 334 g/mol. The van der Waals surface area contributed by atoms with E-state index < -0.39 is 5.60 Å². The van der Waals surface area contributed by atoms with E-state index in [4.69, 9.17) is 0 Å². The first-order valence-electron chi connectivity index (χ1n) is 11.4. The van der Waals surface area contributed by atoms with E-state index in [2.05, 4.69) is 40.7 Å². The Hall–Kier alpha value is -0.830. The highest BCUT2D eigenvalue weighted by Gasteiger charge is 2.65. The number of carbonyl (C=O) groups is 1. The van der Waals surface area contributed by atoms with E-state index >= 15 is 0 Å². The molecule has 1 N–H and O–H groups in total. The van der Waals surface area contributed by atoms with Gasteiger partial charge in [-0.05, 0) is 69.1 Å². The van der Waals surface area contributed by atoms with Crippen LogP contribution in [-0.2, 0) is 4.79 Å². The second kappa shape index (κ2) is 6.34. The maximum atomic E-state index is 12.5. The first-order chi connectivity index (χ1) is 12.7. The van der Waals surface area contributed by atoms with Crippen molar-refractivity contribution in [2.45, 2.75) is 91.6 Å². The summed E-state index contributed by atoms with van der Waals surface area (Å²) in [5.41, 5.74) is 0.771. The van der Waals surface area contributed by atoms with Crippen molar-refractivity contribution in [3.05, 3.63) is 11.8 Å². The van der Waals surface area contributed by atoms with Gasteiger partial charge in [0.15, 0.2) is 0 Å².